The van der Waals surface area contributed by atoms with Crippen LogP contribution in [0.1, 0.15) is 40.9 Å². The van der Waals surface area contributed by atoms with E-state index in [4.69, 9.17) is 5.73 Å². The molecule has 0 saturated heterocycles. The Hall–Kier alpha value is -1.93. The number of carbonyl (C=O) groups excluding carboxylic acids is 1. The Morgan fingerprint density at radius 2 is 1.70 bits per heavy atom. The predicted octanol–water partition coefficient (Wildman–Crippen LogP) is 3.57. The normalized spacial score (nSPS) is 10.8. The smallest absolute Gasteiger partial charge is 0.193 e. The van der Waals surface area contributed by atoms with Gasteiger partial charge in [-0.15, -0.1) is 0 Å². The molecule has 0 spiro atoms. The zero-order chi connectivity index (χ0) is 14.5. The summed E-state index contributed by atoms with van der Waals surface area (Å²) in [6, 6.07) is 15.4. The largest absolute Gasteiger partial charge is 0.326 e. The molecule has 0 fully saturated rings. The lowest BCUT2D eigenvalue weighted by atomic mass is 9.97. The van der Waals surface area contributed by atoms with Gasteiger partial charge in [0.05, 0.1) is 0 Å². The van der Waals surface area contributed by atoms with Gasteiger partial charge in [-0.25, -0.2) is 0 Å². The Labute approximate surface area is 120 Å². The number of carbonyl (C=O) groups is 1. The Kier molecular flexibility index (Phi) is 4.70. The van der Waals surface area contributed by atoms with Crippen molar-refractivity contribution in [1.29, 1.82) is 0 Å². The third-order valence-corrected chi connectivity index (χ3v) is 3.28. The maximum absolute atomic E-state index is 12.5. The maximum atomic E-state index is 12.5. The minimum Gasteiger partial charge on any atom is -0.326 e. The zero-order valence-electron chi connectivity index (χ0n) is 12.1. The van der Waals surface area contributed by atoms with Gasteiger partial charge >= 0.3 is 0 Å². The molecule has 2 aromatic carbocycles. The molecule has 0 unspecified atom stereocenters. The van der Waals surface area contributed by atoms with Crippen LogP contribution in [-0.2, 0) is 13.0 Å². The first-order chi connectivity index (χ1) is 9.60. The molecule has 0 aliphatic heterocycles. The van der Waals surface area contributed by atoms with E-state index >= 15 is 0 Å². The Morgan fingerprint density at radius 3 is 2.30 bits per heavy atom. The minimum absolute atomic E-state index is 0.0687. The van der Waals surface area contributed by atoms with Crippen LogP contribution in [0.15, 0.2) is 48.5 Å². The molecule has 2 heteroatoms. The SMILES string of the molecule is CC(C)Cc1cccc(C(=O)c2ccc(CN)cc2)c1. The highest BCUT2D eigenvalue weighted by molar-refractivity contribution is 6.09. The molecule has 0 heterocycles. The zero-order valence-corrected chi connectivity index (χ0v) is 12.1. The van der Waals surface area contributed by atoms with Crippen LogP contribution in [0.25, 0.3) is 0 Å². The van der Waals surface area contributed by atoms with Crippen molar-refractivity contribution in [3.05, 3.63) is 70.8 Å². The number of ketones is 1. The highest BCUT2D eigenvalue weighted by Crippen LogP contribution is 2.15. The lowest BCUT2D eigenvalue weighted by molar-refractivity contribution is 0.103. The Balaban J connectivity index is 2.23. The van der Waals surface area contributed by atoms with Gasteiger partial charge < -0.3 is 5.73 Å². The molecule has 104 valence electrons. The van der Waals surface area contributed by atoms with Crippen LogP contribution in [0.3, 0.4) is 0 Å². The molecule has 2 rings (SSSR count). The number of hydrogen-bond acceptors (Lipinski definition) is 2. The molecule has 0 aromatic heterocycles. The van der Waals surface area contributed by atoms with Crippen LogP contribution >= 0.6 is 0 Å². The van der Waals surface area contributed by atoms with Gasteiger partial charge in [-0.2, -0.15) is 0 Å². The average molecular weight is 267 g/mol. The summed E-state index contributed by atoms with van der Waals surface area (Å²) >= 11 is 0. The van der Waals surface area contributed by atoms with Crippen LogP contribution in [-0.4, -0.2) is 5.78 Å². The standard InChI is InChI=1S/C18H21NO/c1-13(2)10-15-4-3-5-17(11-15)18(20)16-8-6-14(12-19)7-9-16/h3-9,11,13H,10,12,19H2,1-2H3. The van der Waals surface area contributed by atoms with Gasteiger partial charge in [0.25, 0.3) is 0 Å². The Bertz CT molecular complexity index is 585. The average Bonchev–Trinajstić information content (AvgIpc) is 2.46. The fourth-order valence-electron chi connectivity index (χ4n) is 2.27. The lowest BCUT2D eigenvalue weighted by Crippen LogP contribution is -2.04. The topological polar surface area (TPSA) is 43.1 Å². The molecule has 0 amide bonds. The van der Waals surface area contributed by atoms with E-state index in [1.807, 2.05) is 42.5 Å². The maximum Gasteiger partial charge on any atom is 0.193 e. The first-order valence-electron chi connectivity index (χ1n) is 7.03. The third kappa shape index (κ3) is 3.55. The minimum atomic E-state index is 0.0687. The molecule has 0 aliphatic rings. The van der Waals surface area contributed by atoms with Crippen molar-refractivity contribution in [3.8, 4) is 0 Å². The van der Waals surface area contributed by atoms with E-state index < -0.39 is 0 Å². The van der Waals surface area contributed by atoms with Crippen molar-refractivity contribution < 1.29 is 4.79 Å². The molecule has 0 saturated carbocycles. The molecule has 0 atom stereocenters. The molecule has 20 heavy (non-hydrogen) atoms. The van der Waals surface area contributed by atoms with Gasteiger partial charge in [-0.3, -0.25) is 4.79 Å². The van der Waals surface area contributed by atoms with Crippen LogP contribution in [0.2, 0.25) is 0 Å². The molecule has 0 bridgehead atoms. The summed E-state index contributed by atoms with van der Waals surface area (Å²) in [5.74, 6) is 0.656. The second-order valence-electron chi connectivity index (χ2n) is 5.53. The third-order valence-electron chi connectivity index (χ3n) is 3.28. The first kappa shape index (κ1) is 14.5. The monoisotopic (exact) mass is 267 g/mol. The van der Waals surface area contributed by atoms with Crippen molar-refractivity contribution in [2.45, 2.75) is 26.8 Å². The second-order valence-corrected chi connectivity index (χ2v) is 5.53. The summed E-state index contributed by atoms with van der Waals surface area (Å²) < 4.78 is 0. The number of benzene rings is 2. The molecular formula is C18H21NO. The van der Waals surface area contributed by atoms with Crippen molar-refractivity contribution in [2.75, 3.05) is 0 Å². The van der Waals surface area contributed by atoms with Gasteiger partial charge in [-0.05, 0) is 29.5 Å². The van der Waals surface area contributed by atoms with Crippen LogP contribution in [0, 0.1) is 5.92 Å². The molecule has 2 N–H and O–H groups in total. The van der Waals surface area contributed by atoms with E-state index in [-0.39, 0.29) is 5.78 Å². The van der Waals surface area contributed by atoms with Gasteiger partial charge in [-0.1, -0.05) is 56.3 Å². The lowest BCUT2D eigenvalue weighted by Gasteiger charge is -2.07. The van der Waals surface area contributed by atoms with Gasteiger partial charge in [0.2, 0.25) is 0 Å². The highest BCUT2D eigenvalue weighted by atomic mass is 16.1. The highest BCUT2D eigenvalue weighted by Gasteiger charge is 2.09. The van der Waals surface area contributed by atoms with Crippen molar-refractivity contribution in [1.82, 2.24) is 0 Å². The van der Waals surface area contributed by atoms with Crippen LogP contribution in [0.5, 0.6) is 0 Å². The fourth-order valence-corrected chi connectivity index (χ4v) is 2.27. The summed E-state index contributed by atoms with van der Waals surface area (Å²) in [6.45, 7) is 4.86. The predicted molar refractivity (Wildman–Crippen MR) is 82.7 cm³/mol. The quantitative estimate of drug-likeness (QED) is 0.841. The Morgan fingerprint density at radius 1 is 1.00 bits per heavy atom. The molecule has 2 aromatic rings. The molecule has 2 nitrogen and oxygen atoms in total. The van der Waals surface area contributed by atoms with Crippen LogP contribution in [0.4, 0.5) is 0 Å². The second kappa shape index (κ2) is 6.49. The molecule has 0 radical (unpaired) electrons. The van der Waals surface area contributed by atoms with Gasteiger partial charge in [0, 0.05) is 17.7 Å². The van der Waals surface area contributed by atoms with E-state index in [2.05, 4.69) is 19.9 Å². The summed E-state index contributed by atoms with van der Waals surface area (Å²) in [5, 5.41) is 0. The van der Waals surface area contributed by atoms with E-state index in [0.717, 1.165) is 17.5 Å². The summed E-state index contributed by atoms with van der Waals surface area (Å²) in [5.41, 5.74) is 9.28. The van der Waals surface area contributed by atoms with E-state index in [1.54, 1.807) is 0 Å². The van der Waals surface area contributed by atoms with E-state index in [1.165, 1.54) is 5.56 Å². The van der Waals surface area contributed by atoms with Gasteiger partial charge in [0.1, 0.15) is 0 Å². The number of hydrogen-bond donors (Lipinski definition) is 1. The summed E-state index contributed by atoms with van der Waals surface area (Å²) in [7, 11) is 0. The van der Waals surface area contributed by atoms with Crippen molar-refractivity contribution in [2.24, 2.45) is 11.7 Å². The number of rotatable bonds is 5. The molecular weight excluding hydrogens is 246 g/mol. The van der Waals surface area contributed by atoms with E-state index in [0.29, 0.717) is 18.0 Å². The summed E-state index contributed by atoms with van der Waals surface area (Å²) in [6.07, 6.45) is 0.993. The molecule has 0 aliphatic carbocycles. The van der Waals surface area contributed by atoms with Gasteiger partial charge in [0.15, 0.2) is 5.78 Å². The van der Waals surface area contributed by atoms with Crippen molar-refractivity contribution in [3.63, 3.8) is 0 Å². The number of nitrogens with two attached hydrogens (primary N) is 1. The fraction of sp³-hybridized carbons (Fsp3) is 0.278. The first-order valence-corrected chi connectivity index (χ1v) is 7.03. The van der Waals surface area contributed by atoms with Crippen molar-refractivity contribution >= 4 is 5.78 Å². The van der Waals surface area contributed by atoms with E-state index in [9.17, 15) is 4.79 Å². The van der Waals surface area contributed by atoms with Crippen LogP contribution < -0.4 is 5.73 Å². The summed E-state index contributed by atoms with van der Waals surface area (Å²) in [4.78, 5) is 12.5.